The van der Waals surface area contributed by atoms with Crippen molar-refractivity contribution in [2.45, 2.75) is 37.9 Å². The van der Waals surface area contributed by atoms with E-state index in [1.54, 1.807) is 14.2 Å². The summed E-state index contributed by atoms with van der Waals surface area (Å²) >= 11 is 0. The van der Waals surface area contributed by atoms with Crippen molar-refractivity contribution in [1.29, 1.82) is 0 Å². The summed E-state index contributed by atoms with van der Waals surface area (Å²) in [5, 5.41) is 9.62. The molecule has 0 spiro atoms. The molecule has 0 saturated carbocycles. The molecule has 0 radical (unpaired) electrons. The fraction of sp³-hybridized carbons (Fsp3) is 1.00. The first kappa shape index (κ1) is 9.92. The van der Waals surface area contributed by atoms with E-state index in [0.29, 0.717) is 0 Å². The molecule has 4 nitrogen and oxygen atoms in total. The van der Waals surface area contributed by atoms with E-state index in [2.05, 4.69) is 0 Å². The largest absolute Gasteiger partial charge is 0.387 e. The molecule has 4 unspecified atom stereocenters. The molecule has 0 aromatic heterocycles. The van der Waals surface area contributed by atoms with Crippen LogP contribution in [0.1, 0.15) is 13.3 Å². The van der Waals surface area contributed by atoms with Gasteiger partial charge in [0.15, 0.2) is 6.29 Å². The van der Waals surface area contributed by atoms with Crippen LogP contribution in [0.3, 0.4) is 0 Å². The topological polar surface area (TPSA) is 47.9 Å². The van der Waals surface area contributed by atoms with Crippen molar-refractivity contribution >= 4 is 0 Å². The molecule has 72 valence electrons. The molecule has 0 amide bonds. The van der Waals surface area contributed by atoms with Crippen LogP contribution in [0.2, 0.25) is 0 Å². The summed E-state index contributed by atoms with van der Waals surface area (Å²) in [5.74, 6) is 0. The lowest BCUT2D eigenvalue weighted by Gasteiger charge is -2.16. The number of hydrogen-bond donors (Lipinski definition) is 1. The van der Waals surface area contributed by atoms with E-state index in [9.17, 15) is 5.11 Å². The summed E-state index contributed by atoms with van der Waals surface area (Å²) < 4.78 is 15.4. The van der Waals surface area contributed by atoms with E-state index in [0.717, 1.165) is 6.42 Å². The fourth-order valence-corrected chi connectivity index (χ4v) is 1.48. The van der Waals surface area contributed by atoms with Gasteiger partial charge in [0, 0.05) is 14.2 Å². The molecule has 1 aliphatic heterocycles. The molecule has 12 heavy (non-hydrogen) atoms. The zero-order chi connectivity index (χ0) is 9.14. The predicted octanol–water partition coefficient (Wildman–Crippen LogP) is 0.144. The van der Waals surface area contributed by atoms with Gasteiger partial charge in [0.25, 0.3) is 0 Å². The summed E-state index contributed by atoms with van der Waals surface area (Å²) in [6.07, 6.45) is -0.777. The van der Waals surface area contributed by atoms with E-state index >= 15 is 0 Å². The smallest absolute Gasteiger partial charge is 0.186 e. The van der Waals surface area contributed by atoms with Crippen LogP contribution in [-0.2, 0) is 14.2 Å². The van der Waals surface area contributed by atoms with Gasteiger partial charge in [-0.1, -0.05) is 6.92 Å². The van der Waals surface area contributed by atoms with E-state index in [-0.39, 0.29) is 12.2 Å². The second kappa shape index (κ2) is 4.18. The molecule has 4 atom stereocenters. The Morgan fingerprint density at radius 2 is 2.00 bits per heavy atom. The summed E-state index contributed by atoms with van der Waals surface area (Å²) in [6.45, 7) is 1.96. The third-order valence-electron chi connectivity index (χ3n) is 2.20. The number of aliphatic hydroxyl groups excluding tert-OH is 1. The van der Waals surface area contributed by atoms with Crippen molar-refractivity contribution < 1.29 is 19.3 Å². The second-order valence-electron chi connectivity index (χ2n) is 2.88. The third-order valence-corrected chi connectivity index (χ3v) is 2.20. The Morgan fingerprint density at radius 3 is 2.33 bits per heavy atom. The van der Waals surface area contributed by atoms with Gasteiger partial charge in [-0.05, 0) is 6.42 Å². The molecule has 0 aliphatic carbocycles. The molecule has 0 aromatic rings. The van der Waals surface area contributed by atoms with Gasteiger partial charge in [-0.25, -0.2) is 0 Å². The van der Waals surface area contributed by atoms with Crippen molar-refractivity contribution in [3.05, 3.63) is 0 Å². The average Bonchev–Trinajstić information content (AvgIpc) is 2.41. The maximum absolute atomic E-state index is 9.62. The van der Waals surface area contributed by atoms with E-state index < -0.39 is 12.4 Å². The van der Waals surface area contributed by atoms with Crippen LogP contribution < -0.4 is 0 Å². The summed E-state index contributed by atoms with van der Waals surface area (Å²) in [4.78, 5) is 0. The molecule has 1 saturated heterocycles. The molecule has 0 aromatic carbocycles. The van der Waals surface area contributed by atoms with Crippen molar-refractivity contribution in [2.24, 2.45) is 0 Å². The van der Waals surface area contributed by atoms with Crippen LogP contribution in [0.4, 0.5) is 0 Å². The standard InChI is InChI=1S/C8H16O4/c1-4-5-6(9)7(10-2)8(11-3)12-5/h5-9H,4H2,1-3H3. The first-order valence-electron chi connectivity index (χ1n) is 4.13. The number of rotatable bonds is 3. The van der Waals surface area contributed by atoms with Gasteiger partial charge in [-0.2, -0.15) is 0 Å². The highest BCUT2D eigenvalue weighted by Gasteiger charge is 2.43. The van der Waals surface area contributed by atoms with Gasteiger partial charge in [-0.15, -0.1) is 0 Å². The van der Waals surface area contributed by atoms with Crippen molar-refractivity contribution in [3.63, 3.8) is 0 Å². The second-order valence-corrected chi connectivity index (χ2v) is 2.88. The van der Waals surface area contributed by atoms with Gasteiger partial charge < -0.3 is 19.3 Å². The maximum Gasteiger partial charge on any atom is 0.186 e. The molecule has 1 aliphatic rings. The molecule has 0 bridgehead atoms. The molecule has 4 heteroatoms. The summed E-state index contributed by atoms with van der Waals surface area (Å²) in [7, 11) is 3.09. The molecule has 1 heterocycles. The number of aliphatic hydroxyl groups is 1. The Labute approximate surface area is 72.4 Å². The Morgan fingerprint density at radius 1 is 1.33 bits per heavy atom. The zero-order valence-corrected chi connectivity index (χ0v) is 7.69. The van der Waals surface area contributed by atoms with Crippen LogP contribution >= 0.6 is 0 Å². The van der Waals surface area contributed by atoms with Gasteiger partial charge in [-0.3, -0.25) is 0 Å². The Hall–Kier alpha value is -0.160. The predicted molar refractivity (Wildman–Crippen MR) is 42.8 cm³/mol. The van der Waals surface area contributed by atoms with E-state index in [1.165, 1.54) is 0 Å². The van der Waals surface area contributed by atoms with Crippen LogP contribution in [-0.4, -0.2) is 43.9 Å². The maximum atomic E-state index is 9.62. The lowest BCUT2D eigenvalue weighted by Crippen LogP contribution is -2.34. The minimum Gasteiger partial charge on any atom is -0.387 e. The highest BCUT2D eigenvalue weighted by Crippen LogP contribution is 2.25. The van der Waals surface area contributed by atoms with Gasteiger partial charge in [0.2, 0.25) is 0 Å². The Balaban J connectivity index is 2.58. The molecule has 1 N–H and O–H groups in total. The fourth-order valence-electron chi connectivity index (χ4n) is 1.48. The van der Waals surface area contributed by atoms with Crippen molar-refractivity contribution in [1.82, 2.24) is 0 Å². The normalized spacial score (nSPS) is 42.0. The van der Waals surface area contributed by atoms with Crippen LogP contribution in [0.15, 0.2) is 0 Å². The lowest BCUT2D eigenvalue weighted by molar-refractivity contribution is -0.155. The molecule has 1 rings (SSSR count). The van der Waals surface area contributed by atoms with E-state index in [1.807, 2.05) is 6.92 Å². The minimum absolute atomic E-state index is 0.167. The SMILES string of the molecule is CCC1OC(OC)C(OC)C1O. The molecule has 1 fully saturated rings. The number of ether oxygens (including phenoxy) is 3. The third kappa shape index (κ3) is 1.61. The Bertz CT molecular complexity index is 137. The minimum atomic E-state index is -0.579. The quantitative estimate of drug-likeness (QED) is 0.664. The molecular formula is C8H16O4. The Kier molecular flexibility index (Phi) is 3.46. The van der Waals surface area contributed by atoms with E-state index in [4.69, 9.17) is 14.2 Å². The molecular weight excluding hydrogens is 160 g/mol. The van der Waals surface area contributed by atoms with Gasteiger partial charge >= 0.3 is 0 Å². The van der Waals surface area contributed by atoms with Crippen molar-refractivity contribution in [3.8, 4) is 0 Å². The van der Waals surface area contributed by atoms with Crippen LogP contribution in [0, 0.1) is 0 Å². The summed E-state index contributed by atoms with van der Waals surface area (Å²) in [6, 6.07) is 0. The first-order valence-corrected chi connectivity index (χ1v) is 4.13. The number of methoxy groups -OCH3 is 2. The van der Waals surface area contributed by atoms with Gasteiger partial charge in [0.1, 0.15) is 12.2 Å². The average molecular weight is 176 g/mol. The monoisotopic (exact) mass is 176 g/mol. The highest BCUT2D eigenvalue weighted by molar-refractivity contribution is 4.86. The van der Waals surface area contributed by atoms with Crippen LogP contribution in [0.5, 0.6) is 0 Å². The summed E-state index contributed by atoms with van der Waals surface area (Å²) in [5.41, 5.74) is 0. The van der Waals surface area contributed by atoms with Crippen LogP contribution in [0.25, 0.3) is 0 Å². The van der Waals surface area contributed by atoms with Crippen molar-refractivity contribution in [2.75, 3.05) is 14.2 Å². The zero-order valence-electron chi connectivity index (χ0n) is 7.69. The lowest BCUT2D eigenvalue weighted by atomic mass is 10.1. The first-order chi connectivity index (χ1) is 5.74. The highest BCUT2D eigenvalue weighted by atomic mass is 16.7. The van der Waals surface area contributed by atoms with Gasteiger partial charge in [0.05, 0.1) is 6.10 Å². The number of hydrogen-bond acceptors (Lipinski definition) is 4.